The van der Waals surface area contributed by atoms with E-state index in [0.717, 1.165) is 11.1 Å². The predicted octanol–water partition coefficient (Wildman–Crippen LogP) is 2.71. The Morgan fingerprint density at radius 1 is 1.05 bits per heavy atom. The molecule has 0 heterocycles. The third-order valence-corrected chi connectivity index (χ3v) is 3.29. The van der Waals surface area contributed by atoms with Crippen LogP contribution in [0, 0.1) is 0 Å². The van der Waals surface area contributed by atoms with Gasteiger partial charge in [0.1, 0.15) is 0 Å². The number of carbonyl (C=O) groups excluding carboxylic acids is 1. The number of para-hydroxylation sites is 1. The Morgan fingerprint density at radius 2 is 1.70 bits per heavy atom. The number of rotatable bonds is 4. The van der Waals surface area contributed by atoms with E-state index in [1.807, 2.05) is 38.4 Å². The highest BCUT2D eigenvalue weighted by molar-refractivity contribution is 5.80. The molecule has 0 atom stereocenters. The third-order valence-electron chi connectivity index (χ3n) is 3.29. The van der Waals surface area contributed by atoms with E-state index in [4.69, 9.17) is 0 Å². The molecule has 0 unspecified atom stereocenters. The predicted molar refractivity (Wildman–Crippen MR) is 84.0 cm³/mol. The van der Waals surface area contributed by atoms with Crippen LogP contribution in [0.15, 0.2) is 48.5 Å². The van der Waals surface area contributed by atoms with Crippen molar-refractivity contribution in [3.05, 3.63) is 54.1 Å². The summed E-state index contributed by atoms with van der Waals surface area (Å²) >= 11 is 0. The fourth-order valence-electron chi connectivity index (χ4n) is 2.18. The summed E-state index contributed by atoms with van der Waals surface area (Å²) in [5.74, 6) is 0.0337. The van der Waals surface area contributed by atoms with Gasteiger partial charge in [-0.2, -0.15) is 0 Å². The average molecular weight is 268 g/mol. The van der Waals surface area contributed by atoms with Gasteiger partial charge in [0.05, 0.1) is 6.42 Å². The molecule has 0 aliphatic rings. The van der Waals surface area contributed by atoms with Crippen LogP contribution in [0.4, 0.5) is 5.69 Å². The van der Waals surface area contributed by atoms with Crippen LogP contribution in [-0.4, -0.2) is 27.1 Å². The molecule has 1 amide bonds. The molecule has 0 saturated carbocycles. The lowest BCUT2D eigenvalue weighted by atomic mass is 10.0. The minimum Gasteiger partial charge on any atom is -0.377 e. The molecule has 0 fully saturated rings. The van der Waals surface area contributed by atoms with Gasteiger partial charge in [-0.3, -0.25) is 4.79 Å². The number of anilines is 1. The Hall–Kier alpha value is -2.29. The molecule has 0 aromatic heterocycles. The summed E-state index contributed by atoms with van der Waals surface area (Å²) in [6.45, 7) is 0. The van der Waals surface area contributed by atoms with Gasteiger partial charge < -0.3 is 10.2 Å². The van der Waals surface area contributed by atoms with E-state index in [9.17, 15) is 4.79 Å². The second-order valence-electron chi connectivity index (χ2n) is 4.96. The second-order valence-corrected chi connectivity index (χ2v) is 4.96. The van der Waals surface area contributed by atoms with E-state index in [-0.39, 0.29) is 5.91 Å². The number of hydrogen-bond donors (Lipinski definition) is 1. The summed E-state index contributed by atoms with van der Waals surface area (Å²) in [7, 11) is 5.74. The van der Waals surface area contributed by atoms with Crippen LogP contribution < -0.4 is 10.2 Å². The molecule has 0 aliphatic heterocycles. The average Bonchev–Trinajstić information content (AvgIpc) is 2.48. The summed E-state index contributed by atoms with van der Waals surface area (Å²) in [5, 5.41) is 2.64. The van der Waals surface area contributed by atoms with Gasteiger partial charge in [0.2, 0.25) is 5.91 Å². The molecule has 0 spiro atoms. The van der Waals surface area contributed by atoms with E-state index in [1.54, 1.807) is 7.05 Å². The van der Waals surface area contributed by atoms with Gasteiger partial charge in [-0.25, -0.2) is 0 Å². The van der Waals surface area contributed by atoms with E-state index >= 15 is 0 Å². The molecular formula is C17H20N2O. The monoisotopic (exact) mass is 268 g/mol. The smallest absolute Gasteiger partial charge is 0.224 e. The molecule has 0 saturated heterocycles. The summed E-state index contributed by atoms with van der Waals surface area (Å²) < 4.78 is 0. The maximum absolute atomic E-state index is 11.4. The Bertz CT molecular complexity index is 588. The highest BCUT2D eigenvalue weighted by Gasteiger charge is 2.07. The van der Waals surface area contributed by atoms with Crippen molar-refractivity contribution in [2.75, 3.05) is 26.0 Å². The van der Waals surface area contributed by atoms with E-state index in [1.165, 1.54) is 11.3 Å². The quantitative estimate of drug-likeness (QED) is 0.924. The molecule has 104 valence electrons. The molecule has 1 N–H and O–H groups in total. The fourth-order valence-corrected chi connectivity index (χ4v) is 2.18. The van der Waals surface area contributed by atoms with Gasteiger partial charge in [-0.05, 0) is 17.2 Å². The van der Waals surface area contributed by atoms with Gasteiger partial charge in [0, 0.05) is 32.4 Å². The summed E-state index contributed by atoms with van der Waals surface area (Å²) in [6.07, 6.45) is 0.423. The zero-order valence-electron chi connectivity index (χ0n) is 12.2. The first-order valence-electron chi connectivity index (χ1n) is 6.68. The maximum Gasteiger partial charge on any atom is 0.224 e. The maximum atomic E-state index is 11.4. The molecule has 20 heavy (non-hydrogen) atoms. The molecule has 2 aromatic carbocycles. The van der Waals surface area contributed by atoms with Crippen molar-refractivity contribution in [1.29, 1.82) is 0 Å². The lowest BCUT2D eigenvalue weighted by Gasteiger charge is -2.17. The number of nitrogens with one attached hydrogen (secondary N) is 1. The molecule has 2 rings (SSSR count). The normalized spacial score (nSPS) is 10.2. The fraction of sp³-hybridized carbons (Fsp3) is 0.235. The van der Waals surface area contributed by atoms with Gasteiger partial charge in [0.15, 0.2) is 0 Å². The number of benzene rings is 2. The van der Waals surface area contributed by atoms with Crippen molar-refractivity contribution in [2.24, 2.45) is 0 Å². The van der Waals surface area contributed by atoms with Crippen molar-refractivity contribution >= 4 is 11.6 Å². The largest absolute Gasteiger partial charge is 0.377 e. The van der Waals surface area contributed by atoms with Crippen molar-refractivity contribution < 1.29 is 4.79 Å². The second kappa shape index (κ2) is 6.24. The van der Waals surface area contributed by atoms with Crippen LogP contribution >= 0.6 is 0 Å². The highest BCUT2D eigenvalue weighted by Crippen LogP contribution is 2.29. The first kappa shape index (κ1) is 14.1. The Balaban J connectivity index is 2.28. The SMILES string of the molecule is CNC(=O)Cc1ccc(-c2ccccc2N(C)C)cc1. The minimum atomic E-state index is 0.0337. The van der Waals surface area contributed by atoms with Crippen LogP contribution in [0.25, 0.3) is 11.1 Å². The Kier molecular flexibility index (Phi) is 4.41. The molecule has 0 radical (unpaired) electrons. The molecule has 0 bridgehead atoms. The van der Waals surface area contributed by atoms with Crippen LogP contribution in [0.1, 0.15) is 5.56 Å². The zero-order valence-corrected chi connectivity index (χ0v) is 12.2. The standard InChI is InChI=1S/C17H20N2O/c1-18-17(20)12-13-8-10-14(11-9-13)15-6-4-5-7-16(15)19(2)3/h4-11H,12H2,1-3H3,(H,18,20). The number of nitrogens with zero attached hydrogens (tertiary/aromatic N) is 1. The molecule has 0 aliphatic carbocycles. The first-order valence-corrected chi connectivity index (χ1v) is 6.68. The van der Waals surface area contributed by atoms with Crippen molar-refractivity contribution in [3.8, 4) is 11.1 Å². The molecule has 3 heteroatoms. The van der Waals surface area contributed by atoms with Crippen molar-refractivity contribution in [2.45, 2.75) is 6.42 Å². The number of likely N-dealkylation sites (N-methyl/N-ethyl adjacent to an activating group) is 1. The highest BCUT2D eigenvalue weighted by atomic mass is 16.1. The van der Waals surface area contributed by atoms with Crippen LogP contribution in [0.2, 0.25) is 0 Å². The van der Waals surface area contributed by atoms with Gasteiger partial charge in [0.25, 0.3) is 0 Å². The van der Waals surface area contributed by atoms with E-state index in [0.29, 0.717) is 6.42 Å². The third kappa shape index (κ3) is 3.18. The van der Waals surface area contributed by atoms with E-state index in [2.05, 4.69) is 34.5 Å². The number of carbonyl (C=O) groups is 1. The lowest BCUT2D eigenvalue weighted by molar-refractivity contribution is -0.119. The topological polar surface area (TPSA) is 32.3 Å². The number of amides is 1. The van der Waals surface area contributed by atoms with Crippen LogP contribution in [0.5, 0.6) is 0 Å². The summed E-state index contributed by atoms with van der Waals surface area (Å²) in [5.41, 5.74) is 4.57. The lowest BCUT2D eigenvalue weighted by Crippen LogP contribution is -2.19. The molecule has 3 nitrogen and oxygen atoms in total. The zero-order chi connectivity index (χ0) is 14.5. The Labute approximate surface area is 120 Å². The van der Waals surface area contributed by atoms with Gasteiger partial charge in [-0.15, -0.1) is 0 Å². The molecular weight excluding hydrogens is 248 g/mol. The van der Waals surface area contributed by atoms with Crippen molar-refractivity contribution in [1.82, 2.24) is 5.32 Å². The number of hydrogen-bond acceptors (Lipinski definition) is 2. The van der Waals surface area contributed by atoms with E-state index < -0.39 is 0 Å². The summed E-state index contributed by atoms with van der Waals surface area (Å²) in [6, 6.07) is 16.5. The minimum absolute atomic E-state index is 0.0337. The van der Waals surface area contributed by atoms with Crippen LogP contribution in [-0.2, 0) is 11.2 Å². The molecule has 2 aromatic rings. The van der Waals surface area contributed by atoms with Crippen LogP contribution in [0.3, 0.4) is 0 Å². The summed E-state index contributed by atoms with van der Waals surface area (Å²) in [4.78, 5) is 13.5. The van der Waals surface area contributed by atoms with Crippen molar-refractivity contribution in [3.63, 3.8) is 0 Å². The first-order chi connectivity index (χ1) is 9.61. The Morgan fingerprint density at radius 3 is 2.30 bits per heavy atom. The van der Waals surface area contributed by atoms with Gasteiger partial charge >= 0.3 is 0 Å². The van der Waals surface area contributed by atoms with Gasteiger partial charge in [-0.1, -0.05) is 42.5 Å².